The van der Waals surface area contributed by atoms with Crippen LogP contribution < -0.4 is 0 Å². The van der Waals surface area contributed by atoms with Gasteiger partial charge < -0.3 is 14.7 Å². The van der Waals surface area contributed by atoms with Gasteiger partial charge in [-0.15, -0.1) is 0 Å². The molecule has 0 spiro atoms. The van der Waals surface area contributed by atoms with Gasteiger partial charge in [0.1, 0.15) is 0 Å². The molecule has 3 aromatic rings. The van der Waals surface area contributed by atoms with Crippen molar-refractivity contribution in [3.8, 4) is 22.5 Å². The van der Waals surface area contributed by atoms with Crippen LogP contribution in [0.3, 0.4) is 0 Å². The minimum Gasteiger partial charge on any atom is -0.339 e. The Balaban J connectivity index is 0.970. The standard InChI is InChI=1S/C37H43N5O3/c43-35(29-13-14-29)40-20-22-41(23-21-40)36(44)30-12-7-17-42(26-30)32-15-18-39(19-16-32)37(45)31-24-33(27-8-3-1-4-9-27)38-34(25-31)28-10-5-2-6-11-28/h1-6,8-11,24-25,29-30,32H,7,12-23,26H2/t30-/m1/s1. The monoisotopic (exact) mass is 605 g/mol. The maximum absolute atomic E-state index is 13.9. The lowest BCUT2D eigenvalue weighted by Gasteiger charge is -2.43. The van der Waals surface area contributed by atoms with Crippen molar-refractivity contribution in [1.29, 1.82) is 0 Å². The van der Waals surface area contributed by atoms with Crippen molar-refractivity contribution in [2.75, 3.05) is 52.4 Å². The Morgan fingerprint density at radius 2 is 1.11 bits per heavy atom. The van der Waals surface area contributed by atoms with Gasteiger partial charge in [0.15, 0.2) is 0 Å². The third-order valence-corrected chi connectivity index (χ3v) is 10.1. The number of pyridine rings is 1. The highest BCUT2D eigenvalue weighted by Gasteiger charge is 2.38. The van der Waals surface area contributed by atoms with Crippen LogP contribution in [0.15, 0.2) is 72.8 Å². The maximum atomic E-state index is 13.9. The summed E-state index contributed by atoms with van der Waals surface area (Å²) < 4.78 is 0. The second kappa shape index (κ2) is 13.1. The highest BCUT2D eigenvalue weighted by atomic mass is 16.2. The van der Waals surface area contributed by atoms with Gasteiger partial charge in [0.25, 0.3) is 5.91 Å². The molecule has 234 valence electrons. The van der Waals surface area contributed by atoms with Crippen molar-refractivity contribution in [3.63, 3.8) is 0 Å². The second-order valence-electron chi connectivity index (χ2n) is 13.1. The summed E-state index contributed by atoms with van der Waals surface area (Å²) in [6, 6.07) is 24.3. The zero-order valence-electron chi connectivity index (χ0n) is 26.0. The Hall–Kier alpha value is -4.04. The van der Waals surface area contributed by atoms with Crippen molar-refractivity contribution in [2.24, 2.45) is 11.8 Å². The Bertz CT molecular complexity index is 1450. The number of piperazine rings is 1. The van der Waals surface area contributed by atoms with Crippen LogP contribution in [0, 0.1) is 11.8 Å². The largest absolute Gasteiger partial charge is 0.339 e. The number of aromatic nitrogens is 1. The average Bonchev–Trinajstić information content (AvgIpc) is 3.97. The molecule has 8 nitrogen and oxygen atoms in total. The molecule has 4 aliphatic rings. The number of hydrogen-bond donors (Lipinski definition) is 0. The van der Waals surface area contributed by atoms with E-state index in [9.17, 15) is 14.4 Å². The average molecular weight is 606 g/mol. The summed E-state index contributed by atoms with van der Waals surface area (Å²) >= 11 is 0. The van der Waals surface area contributed by atoms with Crippen LogP contribution in [-0.2, 0) is 9.59 Å². The summed E-state index contributed by atoms with van der Waals surface area (Å²) in [5.74, 6) is 0.856. The van der Waals surface area contributed by atoms with Gasteiger partial charge in [0.05, 0.1) is 17.3 Å². The van der Waals surface area contributed by atoms with E-state index in [-0.39, 0.29) is 29.6 Å². The van der Waals surface area contributed by atoms with Gasteiger partial charge in [0, 0.05) is 74.5 Å². The number of carbonyl (C=O) groups excluding carboxylic acids is 3. The van der Waals surface area contributed by atoms with Crippen LogP contribution in [0.5, 0.6) is 0 Å². The van der Waals surface area contributed by atoms with E-state index in [4.69, 9.17) is 4.98 Å². The number of amides is 3. The highest BCUT2D eigenvalue weighted by Crippen LogP contribution is 2.32. The lowest BCUT2D eigenvalue weighted by Crippen LogP contribution is -2.55. The minimum atomic E-state index is 0.0220. The van der Waals surface area contributed by atoms with E-state index in [1.165, 1.54) is 0 Å². The van der Waals surface area contributed by atoms with Crippen molar-refractivity contribution in [2.45, 2.75) is 44.6 Å². The SMILES string of the molecule is O=C(c1cc(-c2ccccc2)nc(-c2ccccc2)c1)N1CCC(N2CCC[C@@H](C(=O)N3CCN(C(=O)C4CC4)CC3)C2)CC1. The Kier molecular flexibility index (Phi) is 8.66. The van der Waals surface area contributed by atoms with E-state index in [1.807, 2.05) is 87.5 Å². The summed E-state index contributed by atoms with van der Waals surface area (Å²) in [5.41, 5.74) is 4.26. The molecular formula is C37H43N5O3. The normalized spacial score (nSPS) is 21.5. The van der Waals surface area contributed by atoms with Gasteiger partial charge >= 0.3 is 0 Å². The fourth-order valence-corrected chi connectivity index (χ4v) is 7.32. The topological polar surface area (TPSA) is 77.1 Å². The third kappa shape index (κ3) is 6.66. The van der Waals surface area contributed by atoms with Crippen LogP contribution >= 0.6 is 0 Å². The summed E-state index contributed by atoms with van der Waals surface area (Å²) in [6.07, 6.45) is 5.84. The number of likely N-dealkylation sites (tertiary alicyclic amines) is 2. The molecule has 4 fully saturated rings. The Morgan fingerprint density at radius 3 is 1.64 bits per heavy atom. The summed E-state index contributed by atoms with van der Waals surface area (Å²) in [6.45, 7) is 5.87. The Labute approximate surface area is 266 Å². The molecule has 3 aliphatic heterocycles. The number of carbonyl (C=O) groups is 3. The molecule has 3 saturated heterocycles. The zero-order valence-corrected chi connectivity index (χ0v) is 26.0. The number of nitrogens with zero attached hydrogens (tertiary/aromatic N) is 5. The number of benzene rings is 2. The third-order valence-electron chi connectivity index (χ3n) is 10.1. The molecule has 1 aliphatic carbocycles. The molecule has 45 heavy (non-hydrogen) atoms. The first-order valence-electron chi connectivity index (χ1n) is 16.8. The van der Waals surface area contributed by atoms with Crippen LogP contribution in [0.25, 0.3) is 22.5 Å². The van der Waals surface area contributed by atoms with E-state index >= 15 is 0 Å². The van der Waals surface area contributed by atoms with Gasteiger partial charge in [-0.2, -0.15) is 0 Å². The van der Waals surface area contributed by atoms with Crippen LogP contribution in [0.1, 0.15) is 48.9 Å². The van der Waals surface area contributed by atoms with E-state index in [2.05, 4.69) is 4.90 Å². The first-order chi connectivity index (χ1) is 22.0. The molecule has 4 heterocycles. The maximum Gasteiger partial charge on any atom is 0.254 e. The lowest BCUT2D eigenvalue weighted by molar-refractivity contribution is -0.144. The van der Waals surface area contributed by atoms with Gasteiger partial charge in [-0.05, 0) is 57.2 Å². The van der Waals surface area contributed by atoms with E-state index in [0.29, 0.717) is 50.9 Å². The molecular weight excluding hydrogens is 562 g/mol. The zero-order chi connectivity index (χ0) is 30.8. The quantitative estimate of drug-likeness (QED) is 0.403. The van der Waals surface area contributed by atoms with Crippen LogP contribution in [0.2, 0.25) is 0 Å². The number of rotatable bonds is 6. The first-order valence-corrected chi connectivity index (χ1v) is 16.8. The molecule has 0 N–H and O–H groups in total. The number of hydrogen-bond acceptors (Lipinski definition) is 5. The molecule has 8 heteroatoms. The molecule has 0 unspecified atom stereocenters. The van der Waals surface area contributed by atoms with E-state index in [0.717, 1.165) is 74.1 Å². The van der Waals surface area contributed by atoms with Crippen molar-refractivity contribution in [3.05, 3.63) is 78.4 Å². The van der Waals surface area contributed by atoms with E-state index in [1.54, 1.807) is 0 Å². The fraction of sp³-hybridized carbons (Fsp3) is 0.459. The smallest absolute Gasteiger partial charge is 0.254 e. The molecule has 3 amide bonds. The molecule has 1 aromatic heterocycles. The van der Waals surface area contributed by atoms with Crippen LogP contribution in [-0.4, -0.2) is 101 Å². The van der Waals surface area contributed by atoms with Crippen molar-refractivity contribution in [1.82, 2.24) is 24.6 Å². The lowest BCUT2D eigenvalue weighted by atomic mass is 9.92. The predicted molar refractivity (Wildman–Crippen MR) is 174 cm³/mol. The molecule has 2 aromatic carbocycles. The second-order valence-corrected chi connectivity index (χ2v) is 13.1. The highest BCUT2D eigenvalue weighted by molar-refractivity contribution is 5.96. The summed E-state index contributed by atoms with van der Waals surface area (Å²) in [5, 5.41) is 0. The van der Waals surface area contributed by atoms with Crippen molar-refractivity contribution >= 4 is 17.7 Å². The fourth-order valence-electron chi connectivity index (χ4n) is 7.32. The predicted octanol–water partition coefficient (Wildman–Crippen LogP) is 4.81. The minimum absolute atomic E-state index is 0.0220. The molecule has 0 radical (unpaired) electrons. The summed E-state index contributed by atoms with van der Waals surface area (Å²) in [7, 11) is 0. The summed E-state index contributed by atoms with van der Waals surface area (Å²) in [4.78, 5) is 53.2. The van der Waals surface area contributed by atoms with Gasteiger partial charge in [0.2, 0.25) is 11.8 Å². The van der Waals surface area contributed by atoms with Gasteiger partial charge in [-0.25, -0.2) is 4.98 Å². The first kappa shape index (κ1) is 29.7. The number of piperidine rings is 2. The Morgan fingerprint density at radius 1 is 0.578 bits per heavy atom. The molecule has 0 bridgehead atoms. The van der Waals surface area contributed by atoms with Gasteiger partial charge in [-0.1, -0.05) is 60.7 Å². The van der Waals surface area contributed by atoms with Crippen molar-refractivity contribution < 1.29 is 14.4 Å². The molecule has 1 atom stereocenters. The molecule has 1 saturated carbocycles. The molecule has 7 rings (SSSR count). The van der Waals surface area contributed by atoms with Crippen LogP contribution in [0.4, 0.5) is 0 Å². The van der Waals surface area contributed by atoms with Gasteiger partial charge in [-0.3, -0.25) is 19.3 Å². The van der Waals surface area contributed by atoms with E-state index < -0.39 is 0 Å².